The average Bonchev–Trinajstić information content (AvgIpc) is 2.05. The maximum atomic E-state index is 4.27. The zero-order valence-electron chi connectivity index (χ0n) is 6.93. The molecule has 1 fully saturated rings. The molecular formula is C8H17N2. The van der Waals surface area contributed by atoms with Crippen LogP contribution in [-0.2, 0) is 0 Å². The van der Waals surface area contributed by atoms with E-state index >= 15 is 0 Å². The predicted octanol–water partition coefficient (Wildman–Crippen LogP) is 0.609. The van der Waals surface area contributed by atoms with E-state index in [1.807, 2.05) is 7.05 Å². The Morgan fingerprint density at radius 1 is 1.60 bits per heavy atom. The Labute approximate surface area is 63.4 Å². The van der Waals surface area contributed by atoms with Crippen LogP contribution in [0.4, 0.5) is 0 Å². The van der Waals surface area contributed by atoms with E-state index in [9.17, 15) is 0 Å². The first-order valence-electron chi connectivity index (χ1n) is 4.14. The third-order valence-electron chi connectivity index (χ3n) is 2.42. The summed E-state index contributed by atoms with van der Waals surface area (Å²) in [6.45, 7) is 4.57. The van der Waals surface area contributed by atoms with E-state index in [0.717, 1.165) is 5.92 Å². The maximum absolute atomic E-state index is 4.27. The number of rotatable bonds is 2. The van der Waals surface area contributed by atoms with Crippen LogP contribution in [0.5, 0.6) is 0 Å². The van der Waals surface area contributed by atoms with Gasteiger partial charge in [0.05, 0.1) is 0 Å². The van der Waals surface area contributed by atoms with Crippen LogP contribution in [0.25, 0.3) is 0 Å². The molecular weight excluding hydrogens is 124 g/mol. The van der Waals surface area contributed by atoms with Gasteiger partial charge in [-0.2, -0.15) is 0 Å². The molecule has 1 rings (SSSR count). The van der Waals surface area contributed by atoms with E-state index < -0.39 is 0 Å². The number of piperidine rings is 1. The lowest BCUT2D eigenvalue weighted by molar-refractivity contribution is 0.305. The third-order valence-corrected chi connectivity index (χ3v) is 2.42. The average molecular weight is 141 g/mol. The Morgan fingerprint density at radius 3 is 2.90 bits per heavy atom. The van der Waals surface area contributed by atoms with Gasteiger partial charge >= 0.3 is 0 Å². The van der Waals surface area contributed by atoms with E-state index in [0.29, 0.717) is 6.04 Å². The Balaban J connectivity index is 2.24. The number of nitrogens with zero attached hydrogens (tertiary/aromatic N) is 1. The van der Waals surface area contributed by atoms with E-state index in [1.165, 1.54) is 25.9 Å². The monoisotopic (exact) mass is 141 g/mol. The highest BCUT2D eigenvalue weighted by molar-refractivity contribution is 4.76. The fraction of sp³-hybridized carbons (Fsp3) is 1.00. The lowest BCUT2D eigenvalue weighted by Crippen LogP contribution is -2.38. The van der Waals surface area contributed by atoms with Gasteiger partial charge in [0.15, 0.2) is 0 Å². The van der Waals surface area contributed by atoms with E-state index in [2.05, 4.69) is 17.6 Å². The van der Waals surface area contributed by atoms with Crippen molar-refractivity contribution < 1.29 is 0 Å². The Hall–Kier alpha value is -0.0800. The molecule has 0 aromatic carbocycles. The molecule has 0 saturated carbocycles. The van der Waals surface area contributed by atoms with Crippen molar-refractivity contribution in [2.75, 3.05) is 20.1 Å². The van der Waals surface area contributed by atoms with Crippen LogP contribution in [-0.4, -0.2) is 26.2 Å². The van der Waals surface area contributed by atoms with Gasteiger partial charge in [-0.15, -0.1) is 0 Å². The highest BCUT2D eigenvalue weighted by Crippen LogP contribution is 2.13. The molecule has 0 aromatic rings. The molecule has 59 valence electrons. The smallest absolute Gasteiger partial charge is 0.0254 e. The second-order valence-electron chi connectivity index (χ2n) is 3.11. The number of hydrogen-bond acceptors (Lipinski definition) is 1. The van der Waals surface area contributed by atoms with Gasteiger partial charge < -0.3 is 5.32 Å². The van der Waals surface area contributed by atoms with Gasteiger partial charge in [0.2, 0.25) is 0 Å². The van der Waals surface area contributed by atoms with Gasteiger partial charge in [0, 0.05) is 13.1 Å². The number of hydrogen-bond donors (Lipinski definition) is 1. The van der Waals surface area contributed by atoms with Crippen molar-refractivity contribution in [1.82, 2.24) is 10.6 Å². The first kappa shape index (κ1) is 8.02. The van der Waals surface area contributed by atoms with Gasteiger partial charge in [0.1, 0.15) is 0 Å². The number of nitrogens with one attached hydrogen (secondary N) is 1. The topological polar surface area (TPSA) is 26.1 Å². The maximum Gasteiger partial charge on any atom is 0.0254 e. The summed E-state index contributed by atoms with van der Waals surface area (Å²) in [7, 11) is 1.92. The SMILES string of the molecule is C[N]C(C)C1CCCNC1. The second kappa shape index (κ2) is 3.94. The predicted molar refractivity (Wildman–Crippen MR) is 43.1 cm³/mol. The first-order chi connectivity index (χ1) is 4.84. The molecule has 1 saturated heterocycles. The van der Waals surface area contributed by atoms with Gasteiger partial charge in [-0.05, 0) is 38.8 Å². The van der Waals surface area contributed by atoms with Crippen molar-refractivity contribution in [3.05, 3.63) is 0 Å². The lowest BCUT2D eigenvalue weighted by atomic mass is 9.93. The molecule has 1 aliphatic heterocycles. The summed E-state index contributed by atoms with van der Waals surface area (Å²) in [5.41, 5.74) is 0. The minimum Gasteiger partial charge on any atom is -0.316 e. The quantitative estimate of drug-likeness (QED) is 0.599. The van der Waals surface area contributed by atoms with Gasteiger partial charge in [-0.25, -0.2) is 5.32 Å². The minimum absolute atomic E-state index is 0.549. The molecule has 1 heterocycles. The lowest BCUT2D eigenvalue weighted by Gasteiger charge is -2.26. The van der Waals surface area contributed by atoms with Crippen LogP contribution in [0, 0.1) is 5.92 Å². The fourth-order valence-electron chi connectivity index (χ4n) is 1.50. The molecule has 1 aliphatic rings. The molecule has 0 aliphatic carbocycles. The van der Waals surface area contributed by atoms with Crippen molar-refractivity contribution in [1.29, 1.82) is 0 Å². The third kappa shape index (κ3) is 1.96. The minimum atomic E-state index is 0.549. The summed E-state index contributed by atoms with van der Waals surface area (Å²) < 4.78 is 0. The molecule has 0 aromatic heterocycles. The van der Waals surface area contributed by atoms with Crippen LogP contribution in [0.15, 0.2) is 0 Å². The largest absolute Gasteiger partial charge is 0.316 e. The molecule has 2 atom stereocenters. The Kier molecular flexibility index (Phi) is 3.16. The van der Waals surface area contributed by atoms with Crippen molar-refractivity contribution in [3.8, 4) is 0 Å². The Morgan fingerprint density at radius 2 is 2.40 bits per heavy atom. The summed E-state index contributed by atoms with van der Waals surface area (Å²) in [5.74, 6) is 0.791. The van der Waals surface area contributed by atoms with E-state index in [-0.39, 0.29) is 0 Å². The van der Waals surface area contributed by atoms with Crippen LogP contribution in [0.1, 0.15) is 19.8 Å². The zero-order valence-corrected chi connectivity index (χ0v) is 6.93. The molecule has 2 heteroatoms. The van der Waals surface area contributed by atoms with Gasteiger partial charge in [-0.3, -0.25) is 0 Å². The summed E-state index contributed by atoms with van der Waals surface area (Å²) >= 11 is 0. The van der Waals surface area contributed by atoms with Crippen molar-refractivity contribution in [2.45, 2.75) is 25.8 Å². The molecule has 2 unspecified atom stereocenters. The van der Waals surface area contributed by atoms with Crippen molar-refractivity contribution >= 4 is 0 Å². The highest BCUT2D eigenvalue weighted by Gasteiger charge is 2.18. The normalized spacial score (nSPS) is 30.0. The van der Waals surface area contributed by atoms with Crippen LogP contribution in [0.2, 0.25) is 0 Å². The fourth-order valence-corrected chi connectivity index (χ4v) is 1.50. The zero-order chi connectivity index (χ0) is 7.40. The highest BCUT2D eigenvalue weighted by atomic mass is 14.9. The molecule has 2 nitrogen and oxygen atoms in total. The second-order valence-corrected chi connectivity index (χ2v) is 3.11. The first-order valence-corrected chi connectivity index (χ1v) is 4.14. The van der Waals surface area contributed by atoms with Gasteiger partial charge in [-0.1, -0.05) is 0 Å². The summed E-state index contributed by atoms with van der Waals surface area (Å²) in [4.78, 5) is 0. The van der Waals surface area contributed by atoms with Crippen LogP contribution < -0.4 is 10.6 Å². The summed E-state index contributed by atoms with van der Waals surface area (Å²) in [6, 6.07) is 0.549. The van der Waals surface area contributed by atoms with Gasteiger partial charge in [0.25, 0.3) is 0 Å². The standard InChI is InChI=1S/C8H17N2/c1-7(9-2)8-4-3-5-10-6-8/h7-8,10H,3-6H2,1-2H3. The molecule has 0 bridgehead atoms. The van der Waals surface area contributed by atoms with Crippen molar-refractivity contribution in [2.24, 2.45) is 5.92 Å². The Bertz CT molecular complexity index is 87.3. The molecule has 0 amide bonds. The summed E-state index contributed by atoms with van der Waals surface area (Å²) in [6.07, 6.45) is 2.68. The summed E-state index contributed by atoms with van der Waals surface area (Å²) in [5, 5.41) is 7.66. The van der Waals surface area contributed by atoms with E-state index in [1.54, 1.807) is 0 Å². The van der Waals surface area contributed by atoms with Crippen LogP contribution >= 0.6 is 0 Å². The molecule has 10 heavy (non-hydrogen) atoms. The molecule has 0 spiro atoms. The molecule has 1 radical (unpaired) electrons. The van der Waals surface area contributed by atoms with Crippen LogP contribution in [0.3, 0.4) is 0 Å². The molecule has 1 N–H and O–H groups in total. The van der Waals surface area contributed by atoms with Crippen molar-refractivity contribution in [3.63, 3.8) is 0 Å². The van der Waals surface area contributed by atoms with E-state index in [4.69, 9.17) is 0 Å².